The van der Waals surface area contributed by atoms with Gasteiger partial charge in [-0.05, 0) is 13.8 Å². The topological polar surface area (TPSA) is 109 Å². The molecule has 3 N–H and O–H groups in total. The molecule has 4 heterocycles. The highest BCUT2D eigenvalue weighted by atomic mass is 16.8. The minimum absolute atomic E-state index is 0.129. The Bertz CT molecular complexity index is 776. The van der Waals surface area contributed by atoms with Crippen LogP contribution in [-0.4, -0.2) is 56.2 Å². The van der Waals surface area contributed by atoms with Gasteiger partial charge in [-0.15, -0.1) is 0 Å². The van der Waals surface area contributed by atoms with Crippen molar-refractivity contribution in [3.05, 3.63) is 12.7 Å². The van der Waals surface area contributed by atoms with E-state index in [-0.39, 0.29) is 24.5 Å². The first-order chi connectivity index (χ1) is 11.9. The summed E-state index contributed by atoms with van der Waals surface area (Å²) in [4.78, 5) is 12.6. The molecule has 0 amide bonds. The second-order valence-electron chi connectivity index (χ2n) is 7.28. The number of aromatic nitrogens is 4. The first kappa shape index (κ1) is 16.6. The van der Waals surface area contributed by atoms with Gasteiger partial charge >= 0.3 is 0 Å². The first-order valence-electron chi connectivity index (χ1n) is 8.53. The Morgan fingerprint density at radius 2 is 2.00 bits per heavy atom. The Balaban J connectivity index is 1.67. The fourth-order valence-electron chi connectivity index (χ4n) is 3.46. The number of nitrogens with one attached hydrogen (secondary N) is 1. The number of imidazole rings is 1. The van der Waals surface area contributed by atoms with Crippen molar-refractivity contribution < 1.29 is 14.2 Å². The molecular weight excluding hydrogens is 324 g/mol. The lowest BCUT2D eigenvalue weighted by molar-refractivity contribution is -0.195. The van der Waals surface area contributed by atoms with Gasteiger partial charge in [-0.2, -0.15) is 0 Å². The van der Waals surface area contributed by atoms with Crippen LogP contribution in [0.15, 0.2) is 12.7 Å². The lowest BCUT2D eigenvalue weighted by Gasteiger charge is -2.25. The second-order valence-corrected chi connectivity index (χ2v) is 7.28. The summed E-state index contributed by atoms with van der Waals surface area (Å²) in [5.74, 6) is -0.307. The average molecular weight is 348 g/mol. The van der Waals surface area contributed by atoms with E-state index in [1.807, 2.05) is 18.4 Å². The van der Waals surface area contributed by atoms with Crippen LogP contribution < -0.4 is 11.1 Å². The Morgan fingerprint density at radius 3 is 2.76 bits per heavy atom. The predicted molar refractivity (Wildman–Crippen MR) is 90.6 cm³/mol. The van der Waals surface area contributed by atoms with E-state index in [0.29, 0.717) is 29.6 Å². The highest BCUT2D eigenvalue weighted by molar-refractivity contribution is 5.81. The van der Waals surface area contributed by atoms with E-state index in [2.05, 4.69) is 34.1 Å². The van der Waals surface area contributed by atoms with Gasteiger partial charge in [0.25, 0.3) is 0 Å². The maximum Gasteiger partial charge on any atom is 0.167 e. The summed E-state index contributed by atoms with van der Waals surface area (Å²) in [5.41, 5.74) is 7.08. The van der Waals surface area contributed by atoms with Crippen molar-refractivity contribution in [3.8, 4) is 0 Å². The van der Waals surface area contributed by atoms with Crippen molar-refractivity contribution in [1.82, 2.24) is 24.8 Å². The minimum Gasteiger partial charge on any atom is -0.382 e. The fourth-order valence-corrected chi connectivity index (χ4v) is 3.46. The van der Waals surface area contributed by atoms with E-state index in [1.54, 1.807) is 6.33 Å². The molecule has 2 aliphatic rings. The lowest BCUT2D eigenvalue weighted by atomic mass is 10.1. The molecule has 9 nitrogen and oxygen atoms in total. The summed E-state index contributed by atoms with van der Waals surface area (Å²) in [6.07, 6.45) is 2.17. The molecule has 0 radical (unpaired) electrons. The number of rotatable bonds is 4. The van der Waals surface area contributed by atoms with Crippen LogP contribution in [0.3, 0.4) is 0 Å². The van der Waals surface area contributed by atoms with Crippen LogP contribution in [0.1, 0.15) is 33.9 Å². The van der Waals surface area contributed by atoms with E-state index < -0.39 is 5.79 Å². The smallest absolute Gasteiger partial charge is 0.167 e. The molecule has 136 valence electrons. The molecule has 2 aliphatic heterocycles. The Labute approximate surface area is 145 Å². The number of ether oxygens (including phenoxy) is 3. The first-order valence-corrected chi connectivity index (χ1v) is 8.53. The van der Waals surface area contributed by atoms with Crippen LogP contribution in [-0.2, 0) is 14.2 Å². The van der Waals surface area contributed by atoms with E-state index in [0.717, 1.165) is 0 Å². The van der Waals surface area contributed by atoms with E-state index in [1.165, 1.54) is 6.33 Å². The van der Waals surface area contributed by atoms with Gasteiger partial charge in [0.1, 0.15) is 30.2 Å². The van der Waals surface area contributed by atoms with Crippen LogP contribution in [0.5, 0.6) is 0 Å². The van der Waals surface area contributed by atoms with Gasteiger partial charge in [-0.25, -0.2) is 15.0 Å². The molecule has 0 aromatic carbocycles. The molecule has 2 saturated heterocycles. The van der Waals surface area contributed by atoms with Crippen molar-refractivity contribution in [1.29, 1.82) is 0 Å². The molecule has 4 atom stereocenters. The predicted octanol–water partition coefficient (Wildman–Crippen LogP) is 0.824. The summed E-state index contributed by atoms with van der Waals surface area (Å²) in [5, 5.41) is 3.41. The summed E-state index contributed by atoms with van der Waals surface area (Å²) in [7, 11) is 0. The van der Waals surface area contributed by atoms with Crippen molar-refractivity contribution in [2.75, 3.05) is 12.3 Å². The zero-order valence-electron chi connectivity index (χ0n) is 14.8. The van der Waals surface area contributed by atoms with Gasteiger partial charge in [0.15, 0.2) is 23.5 Å². The molecule has 25 heavy (non-hydrogen) atoms. The number of nitrogens with zero attached hydrogens (tertiary/aromatic N) is 4. The maximum atomic E-state index is 6.27. The van der Waals surface area contributed by atoms with Crippen LogP contribution in [0.25, 0.3) is 11.2 Å². The van der Waals surface area contributed by atoms with E-state index in [4.69, 9.17) is 19.9 Å². The molecule has 0 aliphatic carbocycles. The third-order valence-electron chi connectivity index (χ3n) is 4.51. The Hall–Kier alpha value is -1.81. The molecule has 0 spiro atoms. The van der Waals surface area contributed by atoms with Gasteiger partial charge in [-0.1, -0.05) is 13.8 Å². The Kier molecular flexibility index (Phi) is 3.91. The largest absolute Gasteiger partial charge is 0.382 e. The van der Waals surface area contributed by atoms with Gasteiger partial charge < -0.3 is 25.3 Å². The number of hydrogen-bond donors (Lipinski definition) is 2. The number of nitrogen functional groups attached to an aromatic ring is 1. The minimum atomic E-state index is -0.655. The van der Waals surface area contributed by atoms with Crippen LogP contribution >= 0.6 is 0 Å². The number of hydrogen-bond acceptors (Lipinski definition) is 8. The summed E-state index contributed by atoms with van der Waals surface area (Å²) >= 11 is 0. The van der Waals surface area contributed by atoms with Gasteiger partial charge in [0.05, 0.1) is 6.33 Å². The zero-order valence-corrected chi connectivity index (χ0v) is 14.8. The summed E-state index contributed by atoms with van der Waals surface area (Å²) in [6, 6.07) is 0.359. The molecule has 4 rings (SSSR count). The number of fused-ring (bicyclic) bond motifs is 2. The normalized spacial score (nSPS) is 31.1. The van der Waals surface area contributed by atoms with E-state index in [9.17, 15) is 0 Å². The fraction of sp³-hybridized carbons (Fsp3) is 0.688. The molecule has 2 aromatic heterocycles. The standard InChI is InChI=1S/C16H24N6O3/c1-8(2)18-5-9-11-12(25-16(3,4)24-11)15(23-9)22-7-21-10-13(17)19-6-20-14(10)22/h6-9,11-12,15,18H,5H2,1-4H3,(H2,17,19,20)/t9-,11-,12+,15-/m1/s1. The quantitative estimate of drug-likeness (QED) is 0.836. The van der Waals surface area contributed by atoms with Crippen LogP contribution in [0.4, 0.5) is 5.82 Å². The third kappa shape index (κ3) is 2.86. The molecule has 2 fully saturated rings. The van der Waals surface area contributed by atoms with Crippen LogP contribution in [0, 0.1) is 0 Å². The van der Waals surface area contributed by atoms with Crippen molar-refractivity contribution >= 4 is 17.0 Å². The van der Waals surface area contributed by atoms with Crippen molar-refractivity contribution in [2.45, 2.75) is 64.1 Å². The molecular formula is C16H24N6O3. The van der Waals surface area contributed by atoms with Crippen molar-refractivity contribution in [3.63, 3.8) is 0 Å². The SMILES string of the molecule is CC(C)NC[C@H]1O[C@@H](n2cnc3c(N)ncnc32)[C@H]2OC(C)(C)O[C@@H]21. The second kappa shape index (κ2) is 5.87. The third-order valence-corrected chi connectivity index (χ3v) is 4.51. The molecule has 2 aromatic rings. The van der Waals surface area contributed by atoms with Gasteiger partial charge in [-0.3, -0.25) is 4.57 Å². The Morgan fingerprint density at radius 1 is 1.24 bits per heavy atom. The highest BCUT2D eigenvalue weighted by Gasteiger charge is 2.55. The number of nitrogens with two attached hydrogens (primary N) is 1. The lowest BCUT2D eigenvalue weighted by Crippen LogP contribution is -2.39. The molecule has 0 unspecified atom stereocenters. The monoisotopic (exact) mass is 348 g/mol. The molecule has 9 heteroatoms. The summed E-state index contributed by atoms with van der Waals surface area (Å²) < 4.78 is 20.4. The summed E-state index contributed by atoms with van der Waals surface area (Å²) in [6.45, 7) is 8.72. The molecule has 0 bridgehead atoms. The average Bonchev–Trinajstić information content (AvgIpc) is 3.17. The van der Waals surface area contributed by atoms with Gasteiger partial charge in [0.2, 0.25) is 0 Å². The van der Waals surface area contributed by atoms with Crippen LogP contribution in [0.2, 0.25) is 0 Å². The zero-order chi connectivity index (χ0) is 17.8. The number of anilines is 1. The molecule has 0 saturated carbocycles. The highest BCUT2D eigenvalue weighted by Crippen LogP contribution is 2.43. The maximum absolute atomic E-state index is 6.27. The van der Waals surface area contributed by atoms with Gasteiger partial charge in [0, 0.05) is 12.6 Å². The van der Waals surface area contributed by atoms with E-state index >= 15 is 0 Å². The van der Waals surface area contributed by atoms with Crippen molar-refractivity contribution in [2.24, 2.45) is 0 Å².